The first-order chi connectivity index (χ1) is 12.8. The van der Waals surface area contributed by atoms with E-state index in [2.05, 4.69) is 10.1 Å². The zero-order valence-electron chi connectivity index (χ0n) is 15.3. The summed E-state index contributed by atoms with van der Waals surface area (Å²) in [5.74, 6) is -0.772. The predicted octanol–water partition coefficient (Wildman–Crippen LogP) is 2.83. The lowest BCUT2D eigenvalue weighted by Crippen LogP contribution is -2.49. The minimum Gasteiger partial charge on any atom is -0.480 e. The molecular formula is C19H22FN3O4. The number of aryl methyl sites for hydroxylation is 2. The minimum atomic E-state index is -0.976. The lowest BCUT2D eigenvalue weighted by molar-refractivity contribution is -0.153. The highest BCUT2D eigenvalue weighted by molar-refractivity contribution is 5.84. The number of carboxylic acids is 1. The van der Waals surface area contributed by atoms with Gasteiger partial charge in [0.05, 0.1) is 0 Å². The van der Waals surface area contributed by atoms with Crippen molar-refractivity contribution in [2.75, 3.05) is 6.54 Å². The lowest BCUT2D eigenvalue weighted by atomic mass is 9.92. The van der Waals surface area contributed by atoms with Gasteiger partial charge in [0.15, 0.2) is 0 Å². The number of rotatable bonds is 5. The number of nitrogens with zero attached hydrogens (tertiary/aromatic N) is 3. The van der Waals surface area contributed by atoms with Crippen molar-refractivity contribution in [3.05, 3.63) is 35.5 Å². The van der Waals surface area contributed by atoms with Crippen LogP contribution in [0.2, 0.25) is 0 Å². The smallest absolute Gasteiger partial charge is 0.326 e. The van der Waals surface area contributed by atoms with Gasteiger partial charge in [0, 0.05) is 24.9 Å². The van der Waals surface area contributed by atoms with Crippen LogP contribution in [0, 0.1) is 18.7 Å². The molecule has 1 N–H and O–H groups in total. The van der Waals surface area contributed by atoms with E-state index in [0.717, 1.165) is 6.42 Å². The summed E-state index contributed by atoms with van der Waals surface area (Å²) in [6, 6.07) is 3.88. The lowest BCUT2D eigenvalue weighted by Gasteiger charge is -2.36. The van der Waals surface area contributed by atoms with Gasteiger partial charge in [-0.15, -0.1) is 0 Å². The van der Waals surface area contributed by atoms with Gasteiger partial charge < -0.3 is 14.5 Å². The van der Waals surface area contributed by atoms with Crippen molar-refractivity contribution < 1.29 is 23.6 Å². The molecule has 27 heavy (non-hydrogen) atoms. The highest BCUT2D eigenvalue weighted by Gasteiger charge is 2.34. The summed E-state index contributed by atoms with van der Waals surface area (Å²) in [5, 5.41) is 13.2. The zero-order valence-corrected chi connectivity index (χ0v) is 15.3. The molecule has 0 radical (unpaired) electrons. The molecule has 1 saturated heterocycles. The fourth-order valence-corrected chi connectivity index (χ4v) is 3.24. The molecule has 0 bridgehead atoms. The fraction of sp³-hybridized carbons (Fsp3) is 0.474. The molecule has 2 unspecified atom stereocenters. The number of amides is 1. The Hall–Kier alpha value is -2.77. The van der Waals surface area contributed by atoms with Crippen LogP contribution in [0.4, 0.5) is 4.39 Å². The van der Waals surface area contributed by atoms with Gasteiger partial charge in [-0.2, -0.15) is 4.98 Å². The van der Waals surface area contributed by atoms with Crippen LogP contribution in [0.5, 0.6) is 0 Å². The summed E-state index contributed by atoms with van der Waals surface area (Å²) in [6.07, 6.45) is 1.55. The van der Waals surface area contributed by atoms with Crippen molar-refractivity contribution in [3.8, 4) is 11.4 Å². The molecule has 7 nitrogen and oxygen atoms in total. The van der Waals surface area contributed by atoms with Crippen LogP contribution in [-0.2, 0) is 16.0 Å². The molecule has 8 heteroatoms. The molecule has 1 aromatic carbocycles. The molecule has 144 valence electrons. The van der Waals surface area contributed by atoms with E-state index in [1.165, 1.54) is 11.0 Å². The highest BCUT2D eigenvalue weighted by atomic mass is 19.1. The molecule has 2 aromatic rings. The van der Waals surface area contributed by atoms with Crippen LogP contribution in [0.25, 0.3) is 11.4 Å². The third-order valence-corrected chi connectivity index (χ3v) is 4.92. The van der Waals surface area contributed by atoms with Crippen molar-refractivity contribution in [3.63, 3.8) is 0 Å². The maximum atomic E-state index is 13.7. The normalized spacial score (nSPS) is 19.9. The number of carbonyl (C=O) groups is 2. The van der Waals surface area contributed by atoms with E-state index in [1.54, 1.807) is 19.1 Å². The summed E-state index contributed by atoms with van der Waals surface area (Å²) in [5.41, 5.74) is 1.02. The molecule has 2 heterocycles. The Labute approximate surface area is 156 Å². The van der Waals surface area contributed by atoms with Gasteiger partial charge in [-0.25, -0.2) is 9.18 Å². The number of halogens is 1. The van der Waals surface area contributed by atoms with Crippen molar-refractivity contribution in [1.82, 2.24) is 15.0 Å². The average Bonchev–Trinajstić information content (AvgIpc) is 3.11. The van der Waals surface area contributed by atoms with E-state index >= 15 is 0 Å². The standard InChI is InChI=1S/C19H22FN3O4/c1-11-7-8-23(15(9-11)19(25)26)17(24)6-5-16-21-18(22-27-16)13-4-3-12(2)14(20)10-13/h3-4,10-11,15H,5-9H2,1-2H3,(H,25,26). The third-order valence-electron chi connectivity index (χ3n) is 4.92. The summed E-state index contributed by atoms with van der Waals surface area (Å²) in [4.78, 5) is 29.5. The van der Waals surface area contributed by atoms with Crippen LogP contribution in [0.1, 0.15) is 37.6 Å². The van der Waals surface area contributed by atoms with Crippen molar-refractivity contribution in [2.45, 2.75) is 45.6 Å². The number of carbonyl (C=O) groups excluding carboxylic acids is 1. The summed E-state index contributed by atoms with van der Waals surface area (Å²) in [7, 11) is 0. The minimum absolute atomic E-state index is 0.0854. The van der Waals surface area contributed by atoms with E-state index in [9.17, 15) is 19.1 Å². The van der Waals surface area contributed by atoms with Gasteiger partial charge in [-0.3, -0.25) is 4.79 Å². The van der Waals surface area contributed by atoms with Gasteiger partial charge in [-0.05, 0) is 37.3 Å². The molecule has 1 aliphatic rings. The molecule has 0 saturated carbocycles. The fourth-order valence-electron chi connectivity index (χ4n) is 3.24. The van der Waals surface area contributed by atoms with Crippen LogP contribution < -0.4 is 0 Å². The first-order valence-corrected chi connectivity index (χ1v) is 8.96. The number of aromatic nitrogens is 2. The predicted molar refractivity (Wildman–Crippen MR) is 94.3 cm³/mol. The maximum absolute atomic E-state index is 13.7. The number of piperidine rings is 1. The van der Waals surface area contributed by atoms with Gasteiger partial charge >= 0.3 is 5.97 Å². The quantitative estimate of drug-likeness (QED) is 0.863. The second-order valence-electron chi connectivity index (χ2n) is 7.05. The molecular weight excluding hydrogens is 353 g/mol. The Morgan fingerprint density at radius 3 is 2.89 bits per heavy atom. The molecule has 1 aromatic heterocycles. The van der Waals surface area contributed by atoms with Crippen LogP contribution in [-0.4, -0.2) is 44.6 Å². The average molecular weight is 375 g/mol. The van der Waals surface area contributed by atoms with Crippen molar-refractivity contribution in [2.24, 2.45) is 5.92 Å². The van der Waals surface area contributed by atoms with Crippen LogP contribution in [0.3, 0.4) is 0 Å². The van der Waals surface area contributed by atoms with Gasteiger partial charge in [0.25, 0.3) is 0 Å². The molecule has 2 atom stereocenters. The van der Waals surface area contributed by atoms with E-state index in [-0.39, 0.29) is 42.2 Å². The third kappa shape index (κ3) is 4.32. The van der Waals surface area contributed by atoms with Crippen LogP contribution >= 0.6 is 0 Å². The Morgan fingerprint density at radius 1 is 1.41 bits per heavy atom. The molecule has 3 rings (SSSR count). The van der Waals surface area contributed by atoms with Gasteiger partial charge in [0.1, 0.15) is 11.9 Å². The number of carboxylic acid groups (broad SMARTS) is 1. The summed E-state index contributed by atoms with van der Waals surface area (Å²) in [6.45, 7) is 4.10. The Kier molecular flexibility index (Phi) is 5.53. The monoisotopic (exact) mass is 375 g/mol. The van der Waals surface area contributed by atoms with Gasteiger partial charge in [0.2, 0.25) is 17.6 Å². The van der Waals surface area contributed by atoms with Crippen molar-refractivity contribution >= 4 is 11.9 Å². The molecule has 0 aliphatic carbocycles. The van der Waals surface area contributed by atoms with Crippen molar-refractivity contribution in [1.29, 1.82) is 0 Å². The summed E-state index contributed by atoms with van der Waals surface area (Å²) >= 11 is 0. The SMILES string of the molecule is Cc1ccc(-c2noc(CCC(=O)N3CCC(C)CC3C(=O)O)n2)cc1F. The molecule has 0 spiro atoms. The van der Waals surface area contributed by atoms with E-state index in [4.69, 9.17) is 4.52 Å². The Bertz CT molecular complexity index is 851. The number of hydrogen-bond acceptors (Lipinski definition) is 5. The Balaban J connectivity index is 1.63. The molecule has 1 aliphatic heterocycles. The largest absolute Gasteiger partial charge is 0.480 e. The number of benzene rings is 1. The highest BCUT2D eigenvalue weighted by Crippen LogP contribution is 2.24. The molecule has 1 amide bonds. The topological polar surface area (TPSA) is 96.5 Å². The van der Waals surface area contributed by atoms with E-state index in [0.29, 0.717) is 24.1 Å². The first kappa shape index (κ1) is 19.0. The number of hydrogen-bond donors (Lipinski definition) is 1. The molecule has 1 fully saturated rings. The zero-order chi connectivity index (χ0) is 19.6. The second-order valence-corrected chi connectivity index (χ2v) is 7.05. The maximum Gasteiger partial charge on any atom is 0.326 e. The van der Waals surface area contributed by atoms with E-state index < -0.39 is 12.0 Å². The number of aliphatic carboxylic acids is 1. The van der Waals surface area contributed by atoms with Gasteiger partial charge in [-0.1, -0.05) is 24.2 Å². The van der Waals surface area contributed by atoms with E-state index in [1.807, 2.05) is 6.92 Å². The van der Waals surface area contributed by atoms with Crippen LogP contribution in [0.15, 0.2) is 22.7 Å². The first-order valence-electron chi connectivity index (χ1n) is 8.96. The number of likely N-dealkylation sites (tertiary alicyclic amines) is 1. The Morgan fingerprint density at radius 2 is 2.19 bits per heavy atom. The second kappa shape index (κ2) is 7.85. The summed E-state index contributed by atoms with van der Waals surface area (Å²) < 4.78 is 18.8.